The first-order valence-electron chi connectivity index (χ1n) is 12.5. The van der Waals surface area contributed by atoms with Gasteiger partial charge in [0, 0.05) is 5.56 Å². The highest BCUT2D eigenvalue weighted by atomic mass is 32.1. The normalized spacial score (nSPS) is 14.5. The Labute approximate surface area is 220 Å². The fraction of sp³-hybridized carbons (Fsp3) is 0.200. The Kier molecular flexibility index (Phi) is 7.23. The second kappa shape index (κ2) is 10.9. The summed E-state index contributed by atoms with van der Waals surface area (Å²) in [6.07, 6.45) is 2.84. The monoisotopic (exact) mass is 511 g/mol. The van der Waals surface area contributed by atoms with Crippen LogP contribution in [0.3, 0.4) is 0 Å². The molecule has 1 atom stereocenters. The molecule has 0 bridgehead atoms. The Morgan fingerprint density at radius 1 is 1.00 bits per heavy atom. The van der Waals surface area contributed by atoms with E-state index in [0.717, 1.165) is 24.8 Å². The maximum absolute atomic E-state index is 13.8. The molecule has 7 heteroatoms. The molecule has 1 aliphatic carbocycles. The third-order valence-electron chi connectivity index (χ3n) is 6.52. The van der Waals surface area contributed by atoms with E-state index in [4.69, 9.17) is 10.5 Å². The molecule has 3 aromatic carbocycles. The lowest BCUT2D eigenvalue weighted by atomic mass is 9.87. The quantitative estimate of drug-likeness (QED) is 0.235. The predicted molar refractivity (Wildman–Crippen MR) is 149 cm³/mol. The first-order valence-corrected chi connectivity index (χ1v) is 13.3. The minimum absolute atomic E-state index is 0.117. The van der Waals surface area contributed by atoms with Gasteiger partial charge in [0.1, 0.15) is 15.6 Å². The first kappa shape index (κ1) is 24.6. The van der Waals surface area contributed by atoms with Gasteiger partial charge in [-0.2, -0.15) is 0 Å². The van der Waals surface area contributed by atoms with Crippen LogP contribution in [0.5, 0.6) is 5.75 Å². The molecular weight excluding hydrogens is 482 g/mol. The van der Waals surface area contributed by atoms with E-state index >= 15 is 0 Å². The average Bonchev–Trinajstić information content (AvgIpc) is 3.25. The summed E-state index contributed by atoms with van der Waals surface area (Å²) in [5.41, 5.74) is 10.6. The van der Waals surface area contributed by atoms with Gasteiger partial charge in [0.25, 0.3) is 5.91 Å². The molecule has 188 valence electrons. The summed E-state index contributed by atoms with van der Waals surface area (Å²) in [6.45, 7) is 2.41. The van der Waals surface area contributed by atoms with E-state index in [9.17, 15) is 9.59 Å². The summed E-state index contributed by atoms with van der Waals surface area (Å²) in [4.78, 5) is 27.5. The lowest BCUT2D eigenvalue weighted by Gasteiger charge is -2.26. The molecular formula is C30H29N3O3S. The number of aryl methyl sites for hydroxylation is 1. The zero-order chi connectivity index (χ0) is 25.8. The molecule has 4 aromatic rings. The van der Waals surface area contributed by atoms with Crippen LogP contribution in [0.1, 0.15) is 62.5 Å². The third-order valence-corrected chi connectivity index (χ3v) is 7.64. The van der Waals surface area contributed by atoms with Gasteiger partial charge in [-0.15, -0.1) is 11.3 Å². The van der Waals surface area contributed by atoms with Crippen molar-refractivity contribution in [3.63, 3.8) is 0 Å². The largest absolute Gasteiger partial charge is 0.492 e. The van der Waals surface area contributed by atoms with Crippen molar-refractivity contribution in [3.05, 3.63) is 106 Å². The lowest BCUT2D eigenvalue weighted by Crippen LogP contribution is -2.31. The van der Waals surface area contributed by atoms with E-state index in [-0.39, 0.29) is 29.0 Å². The van der Waals surface area contributed by atoms with Crippen LogP contribution in [-0.4, -0.2) is 18.3 Å². The van der Waals surface area contributed by atoms with Crippen LogP contribution < -0.4 is 21.1 Å². The zero-order valence-corrected chi connectivity index (χ0v) is 21.4. The highest BCUT2D eigenvalue weighted by molar-refractivity contribution is 7.19. The summed E-state index contributed by atoms with van der Waals surface area (Å²) in [5.74, 6) is 0.130. The summed E-state index contributed by atoms with van der Waals surface area (Å²) < 4.78 is 5.77. The number of benzene rings is 3. The van der Waals surface area contributed by atoms with E-state index < -0.39 is 0 Å². The molecule has 1 heterocycles. The molecule has 4 N–H and O–H groups in total. The molecule has 0 saturated heterocycles. The number of fused-ring (bicyclic) bond motifs is 1. The van der Waals surface area contributed by atoms with Crippen molar-refractivity contribution >= 4 is 39.4 Å². The van der Waals surface area contributed by atoms with E-state index in [1.54, 1.807) is 12.1 Å². The molecule has 5 rings (SSSR count). The van der Waals surface area contributed by atoms with Gasteiger partial charge in [-0.25, -0.2) is 0 Å². The number of carbonyl (C=O) groups excluding carboxylic acids is 2. The molecule has 0 radical (unpaired) electrons. The standard InChI is InChI=1S/C30H29N3O3S/c1-2-36-24-18-9-8-16-23(24)33-30-25(26(31)28(37-30)27(34)20-12-4-3-5-13-20)29(35)32-22-17-10-14-19-11-6-7-15-21(19)22/h3-9,11-13,15-16,18,22,33H,2,10,14,17,31H2,1H3,(H,32,35). The van der Waals surface area contributed by atoms with Gasteiger partial charge in [-0.05, 0) is 49.4 Å². The maximum atomic E-state index is 13.8. The molecule has 37 heavy (non-hydrogen) atoms. The molecule has 1 amide bonds. The number of hydrogen-bond acceptors (Lipinski definition) is 6. The molecule has 0 fully saturated rings. The minimum Gasteiger partial charge on any atom is -0.492 e. The average molecular weight is 512 g/mol. The van der Waals surface area contributed by atoms with Gasteiger partial charge in [-0.3, -0.25) is 9.59 Å². The predicted octanol–water partition coefficient (Wildman–Crippen LogP) is 6.51. The number of hydrogen-bond donors (Lipinski definition) is 3. The van der Waals surface area contributed by atoms with Crippen LogP contribution in [0.15, 0.2) is 78.9 Å². The molecule has 1 unspecified atom stereocenters. The van der Waals surface area contributed by atoms with Crippen molar-refractivity contribution in [1.82, 2.24) is 5.32 Å². The number of amides is 1. The van der Waals surface area contributed by atoms with Gasteiger partial charge in [0.2, 0.25) is 5.78 Å². The van der Waals surface area contributed by atoms with Crippen molar-refractivity contribution in [3.8, 4) is 5.75 Å². The van der Waals surface area contributed by atoms with E-state index in [1.807, 2.05) is 61.5 Å². The van der Waals surface area contributed by atoms with Crippen molar-refractivity contribution in [2.45, 2.75) is 32.2 Å². The summed E-state index contributed by atoms with van der Waals surface area (Å²) in [5, 5.41) is 7.03. The van der Waals surface area contributed by atoms with Crippen molar-refractivity contribution in [2.24, 2.45) is 0 Å². The molecule has 6 nitrogen and oxygen atoms in total. The van der Waals surface area contributed by atoms with Crippen LogP contribution >= 0.6 is 11.3 Å². The number of ketones is 1. The molecule has 0 aliphatic heterocycles. The fourth-order valence-corrected chi connectivity index (χ4v) is 5.85. The van der Waals surface area contributed by atoms with Crippen LogP contribution in [-0.2, 0) is 6.42 Å². The van der Waals surface area contributed by atoms with E-state index in [1.165, 1.54) is 16.9 Å². The van der Waals surface area contributed by atoms with Gasteiger partial charge in [0.05, 0.1) is 29.6 Å². The van der Waals surface area contributed by atoms with Crippen LogP contribution in [0, 0.1) is 0 Å². The highest BCUT2D eigenvalue weighted by Crippen LogP contribution is 2.41. The van der Waals surface area contributed by atoms with Gasteiger partial charge >= 0.3 is 0 Å². The number of ether oxygens (including phenoxy) is 1. The van der Waals surface area contributed by atoms with E-state index in [2.05, 4.69) is 22.8 Å². The smallest absolute Gasteiger partial charge is 0.256 e. The topological polar surface area (TPSA) is 93.4 Å². The second-order valence-electron chi connectivity index (χ2n) is 8.92. The summed E-state index contributed by atoms with van der Waals surface area (Å²) >= 11 is 1.18. The van der Waals surface area contributed by atoms with Gasteiger partial charge in [-0.1, -0.05) is 66.7 Å². The Morgan fingerprint density at radius 2 is 1.73 bits per heavy atom. The Balaban J connectivity index is 1.53. The number of nitrogens with two attached hydrogens (primary N) is 1. The molecule has 1 aromatic heterocycles. The van der Waals surface area contributed by atoms with E-state index in [0.29, 0.717) is 33.5 Å². The molecule has 1 aliphatic rings. The number of anilines is 3. The number of rotatable bonds is 8. The van der Waals surface area contributed by atoms with Crippen molar-refractivity contribution < 1.29 is 14.3 Å². The number of para-hydroxylation sites is 2. The van der Waals surface area contributed by atoms with Crippen LogP contribution in [0.25, 0.3) is 0 Å². The van der Waals surface area contributed by atoms with Crippen molar-refractivity contribution in [2.75, 3.05) is 17.7 Å². The number of nitrogen functional groups attached to an aromatic ring is 1. The Morgan fingerprint density at radius 3 is 2.54 bits per heavy atom. The first-order chi connectivity index (χ1) is 18.1. The van der Waals surface area contributed by atoms with Gasteiger partial charge < -0.3 is 21.1 Å². The molecule has 0 spiro atoms. The number of nitrogens with one attached hydrogen (secondary N) is 2. The van der Waals surface area contributed by atoms with Crippen LogP contribution in [0.2, 0.25) is 0 Å². The lowest BCUT2D eigenvalue weighted by molar-refractivity contribution is 0.0934. The zero-order valence-electron chi connectivity index (χ0n) is 20.6. The van der Waals surface area contributed by atoms with Gasteiger partial charge in [0.15, 0.2) is 0 Å². The maximum Gasteiger partial charge on any atom is 0.256 e. The summed E-state index contributed by atoms with van der Waals surface area (Å²) in [6, 6.07) is 24.6. The fourth-order valence-electron chi connectivity index (χ4n) is 4.75. The Hall–Kier alpha value is -4.10. The molecule has 0 saturated carbocycles. The SMILES string of the molecule is CCOc1ccccc1Nc1sc(C(=O)c2ccccc2)c(N)c1C(=O)NC1CCCc2ccccc21. The van der Waals surface area contributed by atoms with Crippen molar-refractivity contribution in [1.29, 1.82) is 0 Å². The van der Waals surface area contributed by atoms with Crippen LogP contribution in [0.4, 0.5) is 16.4 Å². The number of thiophene rings is 1. The number of carbonyl (C=O) groups is 2. The summed E-state index contributed by atoms with van der Waals surface area (Å²) in [7, 11) is 0. The minimum atomic E-state index is -0.307. The third kappa shape index (κ3) is 5.08. The highest BCUT2D eigenvalue weighted by Gasteiger charge is 2.29. The Bertz CT molecular complexity index is 1430. The second-order valence-corrected chi connectivity index (χ2v) is 9.94.